The first kappa shape index (κ1) is 15.5. The van der Waals surface area contributed by atoms with E-state index in [1.807, 2.05) is 25.1 Å². The van der Waals surface area contributed by atoms with Crippen LogP contribution in [0.1, 0.15) is 12.5 Å². The maximum absolute atomic E-state index is 10.5. The molecular weight excluding hydrogens is 314 g/mol. The molecule has 0 saturated heterocycles. The number of nitrogens with one attached hydrogen (secondary N) is 1. The quantitative estimate of drug-likeness (QED) is 0.455. The van der Waals surface area contributed by atoms with Crippen molar-refractivity contribution in [2.24, 2.45) is 10.8 Å². The highest BCUT2D eigenvalue weighted by Gasteiger charge is 2.03. The van der Waals surface area contributed by atoms with Gasteiger partial charge in [-0.15, -0.1) is 0 Å². The molecule has 0 bridgehead atoms. The molecule has 7 heteroatoms. The van der Waals surface area contributed by atoms with Gasteiger partial charge < -0.3 is 15.2 Å². The molecule has 1 rings (SSSR count). The smallest absolute Gasteiger partial charge is 0.332 e. The van der Waals surface area contributed by atoms with Crippen LogP contribution in [0.5, 0.6) is 5.75 Å². The van der Waals surface area contributed by atoms with E-state index in [2.05, 4.69) is 26.5 Å². The monoisotopic (exact) mass is 329 g/mol. The van der Waals surface area contributed by atoms with Crippen molar-refractivity contribution in [3.8, 4) is 5.75 Å². The summed E-state index contributed by atoms with van der Waals surface area (Å²) >= 11 is 3.36. The normalized spacial score (nSPS) is 10.6. The van der Waals surface area contributed by atoms with Gasteiger partial charge in [-0.1, -0.05) is 15.9 Å². The lowest BCUT2D eigenvalue weighted by Gasteiger charge is -2.09. The Bertz CT molecular complexity index is 452. The van der Waals surface area contributed by atoms with Crippen LogP contribution in [-0.4, -0.2) is 32.1 Å². The summed E-state index contributed by atoms with van der Waals surface area (Å²) in [6.07, 6.45) is 1.46. The number of hydrogen-bond acceptors (Lipinski definition) is 4. The molecule has 2 amide bonds. The van der Waals surface area contributed by atoms with Crippen LogP contribution in [0.4, 0.5) is 4.79 Å². The number of amides is 2. The Morgan fingerprint density at radius 3 is 3.00 bits per heavy atom. The molecule has 0 aliphatic rings. The van der Waals surface area contributed by atoms with Gasteiger partial charge in [0, 0.05) is 16.6 Å². The molecule has 19 heavy (non-hydrogen) atoms. The van der Waals surface area contributed by atoms with Gasteiger partial charge in [-0.25, -0.2) is 10.2 Å². The average molecular weight is 330 g/mol. The van der Waals surface area contributed by atoms with Crippen LogP contribution < -0.4 is 15.9 Å². The number of rotatable bonds is 7. The second-order valence-electron chi connectivity index (χ2n) is 3.46. The Balaban J connectivity index is 2.68. The summed E-state index contributed by atoms with van der Waals surface area (Å²) in [6, 6.07) is 4.77. The molecule has 0 fully saturated rings. The fourth-order valence-corrected chi connectivity index (χ4v) is 1.65. The third-order valence-electron chi connectivity index (χ3n) is 2.04. The van der Waals surface area contributed by atoms with Crippen LogP contribution in [0.3, 0.4) is 0 Å². The van der Waals surface area contributed by atoms with E-state index >= 15 is 0 Å². The van der Waals surface area contributed by atoms with Crippen LogP contribution in [-0.2, 0) is 4.74 Å². The molecule has 6 nitrogen and oxygen atoms in total. The standard InChI is InChI=1S/C12H16BrN3O3/c1-2-18-5-6-19-11-4-3-10(13)7-9(11)8-15-16-12(14)17/h3-4,7-8H,2,5-6H2,1H3,(H3,14,16,17). The second-order valence-corrected chi connectivity index (χ2v) is 4.38. The minimum absolute atomic E-state index is 0.444. The van der Waals surface area contributed by atoms with Crippen molar-refractivity contribution in [1.82, 2.24) is 5.43 Å². The Hall–Kier alpha value is -1.60. The lowest BCUT2D eigenvalue weighted by Crippen LogP contribution is -2.24. The van der Waals surface area contributed by atoms with Gasteiger partial charge >= 0.3 is 6.03 Å². The molecule has 1 aromatic rings. The van der Waals surface area contributed by atoms with Crippen LogP contribution in [0.15, 0.2) is 27.8 Å². The first-order valence-electron chi connectivity index (χ1n) is 5.72. The van der Waals surface area contributed by atoms with E-state index in [1.54, 1.807) is 0 Å². The van der Waals surface area contributed by atoms with Crippen LogP contribution in [0, 0.1) is 0 Å². The Morgan fingerprint density at radius 1 is 1.53 bits per heavy atom. The van der Waals surface area contributed by atoms with Crippen molar-refractivity contribution in [3.05, 3.63) is 28.2 Å². The van der Waals surface area contributed by atoms with Crippen molar-refractivity contribution in [2.45, 2.75) is 6.92 Å². The van der Waals surface area contributed by atoms with Crippen molar-refractivity contribution in [3.63, 3.8) is 0 Å². The van der Waals surface area contributed by atoms with E-state index < -0.39 is 6.03 Å². The maximum atomic E-state index is 10.5. The van der Waals surface area contributed by atoms with Gasteiger partial charge in [0.05, 0.1) is 12.8 Å². The number of urea groups is 1. The summed E-state index contributed by atoms with van der Waals surface area (Å²) in [5, 5.41) is 3.71. The van der Waals surface area contributed by atoms with Crippen LogP contribution in [0.2, 0.25) is 0 Å². The summed E-state index contributed by atoms with van der Waals surface area (Å²) in [6.45, 7) is 3.54. The Morgan fingerprint density at radius 2 is 2.32 bits per heavy atom. The van der Waals surface area contributed by atoms with Gasteiger partial charge in [0.15, 0.2) is 0 Å². The Labute approximate surface area is 120 Å². The SMILES string of the molecule is CCOCCOc1ccc(Br)cc1C=NNC(N)=O. The fourth-order valence-electron chi connectivity index (χ4n) is 1.27. The highest BCUT2D eigenvalue weighted by Crippen LogP contribution is 2.21. The van der Waals surface area contributed by atoms with Gasteiger partial charge in [-0.05, 0) is 25.1 Å². The molecule has 0 aliphatic carbocycles. The van der Waals surface area contributed by atoms with Gasteiger partial charge in [0.25, 0.3) is 0 Å². The zero-order chi connectivity index (χ0) is 14.1. The first-order valence-corrected chi connectivity index (χ1v) is 6.51. The van der Waals surface area contributed by atoms with Crippen molar-refractivity contribution in [2.75, 3.05) is 19.8 Å². The van der Waals surface area contributed by atoms with E-state index in [0.717, 1.165) is 10.0 Å². The number of primary amides is 1. The number of nitrogens with two attached hydrogens (primary N) is 1. The predicted molar refractivity (Wildman–Crippen MR) is 76.4 cm³/mol. The summed E-state index contributed by atoms with van der Waals surface area (Å²) in [5.41, 5.74) is 7.77. The fraction of sp³-hybridized carbons (Fsp3) is 0.333. The van der Waals surface area contributed by atoms with Gasteiger partial charge in [-0.2, -0.15) is 5.10 Å². The summed E-state index contributed by atoms with van der Waals surface area (Å²) < 4.78 is 11.6. The number of carbonyl (C=O) groups excluding carboxylic acids is 1. The summed E-state index contributed by atoms with van der Waals surface area (Å²) in [4.78, 5) is 10.5. The van der Waals surface area contributed by atoms with E-state index in [0.29, 0.717) is 25.6 Å². The topological polar surface area (TPSA) is 85.9 Å². The number of carbonyl (C=O) groups is 1. The van der Waals surface area contributed by atoms with Crippen LogP contribution >= 0.6 is 15.9 Å². The molecule has 0 saturated carbocycles. The number of ether oxygens (including phenoxy) is 2. The van der Waals surface area contributed by atoms with Gasteiger partial charge in [-0.3, -0.25) is 0 Å². The minimum Gasteiger partial charge on any atom is -0.491 e. The lowest BCUT2D eigenvalue weighted by atomic mass is 10.2. The highest BCUT2D eigenvalue weighted by atomic mass is 79.9. The summed E-state index contributed by atoms with van der Waals surface area (Å²) in [5.74, 6) is 0.651. The lowest BCUT2D eigenvalue weighted by molar-refractivity contribution is 0.110. The van der Waals surface area contributed by atoms with E-state index in [4.69, 9.17) is 15.2 Å². The maximum Gasteiger partial charge on any atom is 0.332 e. The van der Waals surface area contributed by atoms with Crippen LogP contribution in [0.25, 0.3) is 0 Å². The van der Waals surface area contributed by atoms with Crippen molar-refractivity contribution < 1.29 is 14.3 Å². The van der Waals surface area contributed by atoms with E-state index in [9.17, 15) is 4.79 Å². The van der Waals surface area contributed by atoms with E-state index in [-0.39, 0.29) is 0 Å². The number of hydrogen-bond donors (Lipinski definition) is 2. The molecule has 0 aliphatic heterocycles. The largest absolute Gasteiger partial charge is 0.491 e. The number of nitrogens with zero attached hydrogens (tertiary/aromatic N) is 1. The third-order valence-corrected chi connectivity index (χ3v) is 2.53. The molecule has 3 N–H and O–H groups in total. The minimum atomic E-state index is -0.718. The molecular formula is C12H16BrN3O3. The zero-order valence-electron chi connectivity index (χ0n) is 10.6. The molecule has 0 spiro atoms. The highest BCUT2D eigenvalue weighted by molar-refractivity contribution is 9.10. The van der Waals surface area contributed by atoms with Crippen molar-refractivity contribution in [1.29, 1.82) is 0 Å². The van der Waals surface area contributed by atoms with E-state index in [1.165, 1.54) is 6.21 Å². The number of halogens is 1. The number of hydrazone groups is 1. The molecule has 1 aromatic carbocycles. The van der Waals surface area contributed by atoms with Gasteiger partial charge in [0.2, 0.25) is 0 Å². The predicted octanol–water partition coefficient (Wildman–Crippen LogP) is 1.87. The Kier molecular flexibility index (Phi) is 6.91. The molecule has 104 valence electrons. The third kappa shape index (κ3) is 6.21. The molecule has 0 aromatic heterocycles. The van der Waals surface area contributed by atoms with Crippen molar-refractivity contribution >= 4 is 28.2 Å². The summed E-state index contributed by atoms with van der Waals surface area (Å²) in [7, 11) is 0. The molecule has 0 atom stereocenters. The number of benzene rings is 1. The van der Waals surface area contributed by atoms with Gasteiger partial charge in [0.1, 0.15) is 12.4 Å². The second kappa shape index (κ2) is 8.49. The molecule has 0 unspecified atom stereocenters. The molecule has 0 radical (unpaired) electrons. The average Bonchev–Trinajstić information content (AvgIpc) is 2.36. The molecule has 0 heterocycles. The first-order chi connectivity index (χ1) is 9.13. The zero-order valence-corrected chi connectivity index (χ0v) is 12.1.